The molecule has 1 atom stereocenters. The number of Topliss-reactive ketones (excluding diaryl/α,β-unsaturated/α-hetero) is 1. The molecule has 1 aromatic carbocycles. The average Bonchev–Trinajstić information content (AvgIpc) is 3.09. The Hall–Kier alpha value is -2.41. The van der Waals surface area contributed by atoms with Gasteiger partial charge in [0.2, 0.25) is 0 Å². The molecule has 0 aliphatic rings. The summed E-state index contributed by atoms with van der Waals surface area (Å²) in [7, 11) is 0. The van der Waals surface area contributed by atoms with Gasteiger partial charge in [-0.15, -0.1) is 0 Å². The minimum Gasteiger partial charge on any atom is -0.451 e. The molecule has 0 saturated carbocycles. The molecular formula is C18H19BrN2O4. The van der Waals surface area contributed by atoms with Crippen molar-refractivity contribution in [1.29, 1.82) is 0 Å². The molecule has 2 rings (SSSR count). The van der Waals surface area contributed by atoms with E-state index in [1.165, 1.54) is 19.2 Å². The maximum atomic E-state index is 12.0. The average molecular weight is 407 g/mol. The van der Waals surface area contributed by atoms with Gasteiger partial charge in [-0.2, -0.15) is 0 Å². The first-order chi connectivity index (χ1) is 11.9. The van der Waals surface area contributed by atoms with Gasteiger partial charge in [0, 0.05) is 16.2 Å². The van der Waals surface area contributed by atoms with Crippen LogP contribution in [-0.4, -0.2) is 29.3 Å². The zero-order chi connectivity index (χ0) is 18.4. The molecule has 0 radical (unpaired) electrons. The van der Waals surface area contributed by atoms with Gasteiger partial charge in [0.15, 0.2) is 12.4 Å². The highest BCUT2D eigenvalue weighted by molar-refractivity contribution is 9.10. The molecule has 1 amide bonds. The van der Waals surface area contributed by atoms with Crippen molar-refractivity contribution in [3.05, 3.63) is 57.8 Å². The minimum absolute atomic E-state index is 0.137. The van der Waals surface area contributed by atoms with Crippen LogP contribution in [0.1, 0.15) is 52.7 Å². The van der Waals surface area contributed by atoms with Crippen molar-refractivity contribution in [2.45, 2.75) is 26.3 Å². The fraction of sp³-hybridized carbons (Fsp3) is 0.278. The lowest BCUT2D eigenvalue weighted by Crippen LogP contribution is -2.32. The van der Waals surface area contributed by atoms with Gasteiger partial charge in [-0.1, -0.05) is 35.0 Å². The number of rotatable bonds is 7. The molecule has 1 heterocycles. The molecule has 0 unspecified atom stereocenters. The van der Waals surface area contributed by atoms with E-state index in [-0.39, 0.29) is 30.0 Å². The van der Waals surface area contributed by atoms with Crippen molar-refractivity contribution in [1.82, 2.24) is 10.3 Å². The number of aromatic amines is 1. The molecule has 7 heteroatoms. The van der Waals surface area contributed by atoms with Gasteiger partial charge in [-0.3, -0.25) is 9.59 Å². The second-order valence-corrected chi connectivity index (χ2v) is 6.43. The Labute approximate surface area is 154 Å². The van der Waals surface area contributed by atoms with Gasteiger partial charge in [0.1, 0.15) is 5.69 Å². The third kappa shape index (κ3) is 5.29. The van der Waals surface area contributed by atoms with Gasteiger partial charge in [0.05, 0.1) is 6.04 Å². The number of esters is 1. The predicted molar refractivity (Wildman–Crippen MR) is 96.4 cm³/mol. The monoisotopic (exact) mass is 406 g/mol. The Kier molecular flexibility index (Phi) is 6.52. The molecule has 0 spiro atoms. The van der Waals surface area contributed by atoms with E-state index >= 15 is 0 Å². The van der Waals surface area contributed by atoms with Gasteiger partial charge in [-0.25, -0.2) is 4.79 Å². The lowest BCUT2D eigenvalue weighted by Gasteiger charge is -2.17. The van der Waals surface area contributed by atoms with Gasteiger partial charge in [0.25, 0.3) is 5.91 Å². The van der Waals surface area contributed by atoms with Crippen LogP contribution in [0.3, 0.4) is 0 Å². The second-order valence-electron chi connectivity index (χ2n) is 5.51. The van der Waals surface area contributed by atoms with Crippen molar-refractivity contribution < 1.29 is 19.1 Å². The Balaban J connectivity index is 1.89. The number of hydrogen-bond donors (Lipinski definition) is 2. The van der Waals surface area contributed by atoms with Gasteiger partial charge < -0.3 is 15.0 Å². The van der Waals surface area contributed by atoms with Crippen LogP contribution < -0.4 is 5.32 Å². The van der Waals surface area contributed by atoms with E-state index in [2.05, 4.69) is 26.2 Å². The Bertz CT molecular complexity index is 768. The third-order valence-electron chi connectivity index (χ3n) is 3.66. The molecule has 132 valence electrons. The van der Waals surface area contributed by atoms with E-state index in [4.69, 9.17) is 4.74 Å². The van der Waals surface area contributed by atoms with Gasteiger partial charge >= 0.3 is 5.97 Å². The summed E-state index contributed by atoms with van der Waals surface area (Å²) in [5.74, 6) is -1.23. The van der Waals surface area contributed by atoms with Gasteiger partial charge in [-0.05, 0) is 37.1 Å². The van der Waals surface area contributed by atoms with E-state index in [0.29, 0.717) is 12.0 Å². The molecule has 2 aromatic rings. The summed E-state index contributed by atoms with van der Waals surface area (Å²) < 4.78 is 5.94. The summed E-state index contributed by atoms with van der Waals surface area (Å²) in [6.45, 7) is 2.97. The number of ketones is 1. The molecule has 2 N–H and O–H groups in total. The molecule has 0 aliphatic carbocycles. The highest BCUT2D eigenvalue weighted by Gasteiger charge is 2.16. The van der Waals surface area contributed by atoms with Crippen LogP contribution in [0.25, 0.3) is 0 Å². The number of nitrogens with one attached hydrogen (secondary N) is 2. The highest BCUT2D eigenvalue weighted by Crippen LogP contribution is 2.19. The maximum Gasteiger partial charge on any atom is 0.355 e. The van der Waals surface area contributed by atoms with Crippen molar-refractivity contribution in [3.8, 4) is 0 Å². The number of carbonyl (C=O) groups excluding carboxylic acids is 3. The van der Waals surface area contributed by atoms with E-state index in [1.54, 1.807) is 0 Å². The molecule has 0 bridgehead atoms. The number of ether oxygens (including phenoxy) is 1. The highest BCUT2D eigenvalue weighted by atomic mass is 79.9. The van der Waals surface area contributed by atoms with Crippen LogP contribution in [0.4, 0.5) is 0 Å². The normalized spacial score (nSPS) is 11.6. The fourth-order valence-corrected chi connectivity index (χ4v) is 2.54. The number of benzene rings is 1. The van der Waals surface area contributed by atoms with E-state index in [0.717, 1.165) is 10.0 Å². The van der Waals surface area contributed by atoms with E-state index in [1.807, 2.05) is 31.2 Å². The van der Waals surface area contributed by atoms with Crippen molar-refractivity contribution in [2.75, 3.05) is 6.61 Å². The summed E-state index contributed by atoms with van der Waals surface area (Å²) in [4.78, 5) is 37.8. The van der Waals surface area contributed by atoms with Crippen molar-refractivity contribution >= 4 is 33.6 Å². The quantitative estimate of drug-likeness (QED) is 0.544. The summed E-state index contributed by atoms with van der Waals surface area (Å²) in [6, 6.07) is 8.90. The van der Waals surface area contributed by atoms with Crippen molar-refractivity contribution in [2.24, 2.45) is 0 Å². The molecule has 0 saturated heterocycles. The number of amides is 1. The first kappa shape index (κ1) is 18.9. The number of aromatic nitrogens is 1. The van der Waals surface area contributed by atoms with Crippen LogP contribution in [0.5, 0.6) is 0 Å². The lowest BCUT2D eigenvalue weighted by atomic mass is 10.0. The smallest absolute Gasteiger partial charge is 0.355 e. The van der Waals surface area contributed by atoms with E-state index < -0.39 is 5.97 Å². The largest absolute Gasteiger partial charge is 0.451 e. The second kappa shape index (κ2) is 8.62. The molecular weight excluding hydrogens is 388 g/mol. The molecule has 25 heavy (non-hydrogen) atoms. The summed E-state index contributed by atoms with van der Waals surface area (Å²) in [5.41, 5.74) is 1.50. The number of H-pyrrole nitrogens is 1. The maximum absolute atomic E-state index is 12.0. The van der Waals surface area contributed by atoms with Crippen LogP contribution in [0.2, 0.25) is 0 Å². The first-order valence-electron chi connectivity index (χ1n) is 7.82. The predicted octanol–water partition coefficient (Wildman–Crippen LogP) is 3.40. The first-order valence-corrected chi connectivity index (χ1v) is 8.61. The van der Waals surface area contributed by atoms with Crippen LogP contribution in [0, 0.1) is 0 Å². The lowest BCUT2D eigenvalue weighted by molar-refractivity contribution is -0.125. The Morgan fingerprint density at radius 1 is 1.24 bits per heavy atom. The Morgan fingerprint density at radius 2 is 1.92 bits per heavy atom. The number of halogens is 1. The molecule has 6 nitrogen and oxygen atoms in total. The SMILES string of the molecule is CC[C@H](NC(=O)COC(=O)c1cc(C(C)=O)c[nH]1)c1ccc(Br)cc1. The number of hydrogen-bond acceptors (Lipinski definition) is 4. The summed E-state index contributed by atoms with van der Waals surface area (Å²) in [6.07, 6.45) is 2.14. The van der Waals surface area contributed by atoms with Crippen molar-refractivity contribution in [3.63, 3.8) is 0 Å². The zero-order valence-corrected chi connectivity index (χ0v) is 15.6. The minimum atomic E-state index is -0.681. The number of carbonyl (C=O) groups is 3. The molecule has 0 aliphatic heterocycles. The van der Waals surface area contributed by atoms with E-state index in [9.17, 15) is 14.4 Å². The molecule has 1 aromatic heterocycles. The van der Waals surface area contributed by atoms with Crippen LogP contribution >= 0.6 is 15.9 Å². The van der Waals surface area contributed by atoms with Crippen LogP contribution in [-0.2, 0) is 9.53 Å². The fourth-order valence-electron chi connectivity index (χ4n) is 2.28. The zero-order valence-electron chi connectivity index (χ0n) is 14.0. The summed E-state index contributed by atoms with van der Waals surface area (Å²) >= 11 is 3.37. The Morgan fingerprint density at radius 3 is 2.48 bits per heavy atom. The topological polar surface area (TPSA) is 88.3 Å². The molecule has 0 fully saturated rings. The standard InChI is InChI=1S/C18H19BrN2O4/c1-3-15(12-4-6-14(19)7-5-12)21-17(23)10-25-18(24)16-8-13(9-20-16)11(2)22/h4-9,15,20H,3,10H2,1-2H3,(H,21,23)/t15-/m0/s1. The third-order valence-corrected chi connectivity index (χ3v) is 4.19. The van der Waals surface area contributed by atoms with Crippen LogP contribution in [0.15, 0.2) is 41.0 Å². The summed E-state index contributed by atoms with van der Waals surface area (Å²) in [5, 5.41) is 2.84.